The quantitative estimate of drug-likeness (QED) is 0.526. The van der Waals surface area contributed by atoms with Gasteiger partial charge >= 0.3 is 5.97 Å². The van der Waals surface area contributed by atoms with Gasteiger partial charge in [-0.25, -0.2) is 17.9 Å². The number of primary amides is 1. The Morgan fingerprint density at radius 2 is 2.00 bits per heavy atom. The van der Waals surface area contributed by atoms with Crippen LogP contribution in [0, 0.1) is 6.92 Å². The summed E-state index contributed by atoms with van der Waals surface area (Å²) in [4.78, 5) is 21.4. The Kier molecular flexibility index (Phi) is 5.45. The molecule has 0 fully saturated rings. The summed E-state index contributed by atoms with van der Waals surface area (Å²) in [7, 11) is -4.10. The Morgan fingerprint density at radius 1 is 1.43 bits per heavy atom. The van der Waals surface area contributed by atoms with E-state index < -0.39 is 34.5 Å². The minimum absolute atomic E-state index is 0.180. The number of nitrogens with one attached hydrogen (secondary N) is 1. The monoisotopic (exact) mass is 380 g/mol. The van der Waals surface area contributed by atoms with Crippen molar-refractivity contribution in [3.05, 3.63) is 27.7 Å². The molecule has 0 aliphatic heterocycles. The maximum absolute atomic E-state index is 12.0. The van der Waals surface area contributed by atoms with Crippen LogP contribution in [0.2, 0.25) is 0 Å². The molecule has 1 amide bonds. The molecule has 0 saturated carbocycles. The van der Waals surface area contributed by atoms with Gasteiger partial charge in [-0.15, -0.1) is 0 Å². The lowest BCUT2D eigenvalue weighted by atomic mass is 10.1. The molecule has 0 bridgehead atoms. The number of benzene rings is 1. The number of hydrogen-bond acceptors (Lipinski definition) is 5. The van der Waals surface area contributed by atoms with Crippen LogP contribution in [0.3, 0.4) is 0 Å². The fourth-order valence-corrected chi connectivity index (χ4v) is 3.11. The molecule has 1 unspecified atom stereocenters. The largest absolute Gasteiger partial charge is 0.478 e. The molecule has 21 heavy (non-hydrogen) atoms. The second kappa shape index (κ2) is 6.52. The number of carboxylic acids is 1. The molecule has 0 aliphatic rings. The number of rotatable bonds is 6. The Hall–Kier alpha value is -1.49. The summed E-state index contributed by atoms with van der Waals surface area (Å²) >= 11 is 3.08. The summed E-state index contributed by atoms with van der Waals surface area (Å²) in [6.45, 7) is 0.916. The van der Waals surface area contributed by atoms with Crippen LogP contribution in [0.1, 0.15) is 15.9 Å². The molecule has 116 valence electrons. The van der Waals surface area contributed by atoms with E-state index >= 15 is 0 Å². The number of hydrogen-bond donors (Lipinski definition) is 4. The van der Waals surface area contributed by atoms with Crippen LogP contribution in [-0.2, 0) is 14.8 Å². The molecule has 1 aromatic carbocycles. The fourth-order valence-electron chi connectivity index (χ4n) is 1.40. The summed E-state index contributed by atoms with van der Waals surface area (Å²) in [5, 5.41) is 18.2. The number of carboxylic acid groups (broad SMARTS) is 1. The van der Waals surface area contributed by atoms with Crippen LogP contribution in [0.15, 0.2) is 21.5 Å². The minimum Gasteiger partial charge on any atom is -0.478 e. The zero-order chi connectivity index (χ0) is 16.4. The Morgan fingerprint density at radius 3 is 2.48 bits per heavy atom. The van der Waals surface area contributed by atoms with Crippen LogP contribution in [-0.4, -0.2) is 43.2 Å². The van der Waals surface area contributed by atoms with Gasteiger partial charge < -0.3 is 15.9 Å². The smallest absolute Gasteiger partial charge is 0.336 e. The van der Waals surface area contributed by atoms with Crippen molar-refractivity contribution in [2.24, 2.45) is 5.73 Å². The Balaban J connectivity index is 3.15. The summed E-state index contributed by atoms with van der Waals surface area (Å²) in [6, 6.07) is 2.21. The number of sulfonamides is 1. The van der Waals surface area contributed by atoms with E-state index in [9.17, 15) is 23.1 Å². The lowest BCUT2D eigenvalue weighted by Gasteiger charge is -2.12. The number of nitrogens with two attached hydrogens (primary N) is 1. The van der Waals surface area contributed by atoms with E-state index in [0.29, 0.717) is 10.0 Å². The lowest BCUT2D eigenvalue weighted by molar-refractivity contribution is -0.125. The summed E-state index contributed by atoms with van der Waals surface area (Å²) in [6.07, 6.45) is -1.67. The van der Waals surface area contributed by atoms with Crippen molar-refractivity contribution in [3.63, 3.8) is 0 Å². The van der Waals surface area contributed by atoms with Gasteiger partial charge in [-0.1, -0.05) is 15.9 Å². The first-order valence-electron chi connectivity index (χ1n) is 5.56. The molecule has 0 aromatic heterocycles. The van der Waals surface area contributed by atoms with Crippen LogP contribution >= 0.6 is 15.9 Å². The van der Waals surface area contributed by atoms with E-state index in [4.69, 9.17) is 10.8 Å². The SMILES string of the molecule is Cc1c(Br)cc(S(=O)(=O)NCC(O)C(N)=O)cc1C(=O)O. The molecule has 8 nitrogen and oxygen atoms in total. The number of aromatic carboxylic acids is 1. The molecule has 0 radical (unpaired) electrons. The summed E-state index contributed by atoms with van der Waals surface area (Å²) in [5.74, 6) is -2.35. The van der Waals surface area contributed by atoms with Crippen molar-refractivity contribution in [2.45, 2.75) is 17.9 Å². The highest BCUT2D eigenvalue weighted by atomic mass is 79.9. The van der Waals surface area contributed by atoms with E-state index in [1.165, 1.54) is 13.0 Å². The number of halogens is 1. The Labute approximate surface area is 129 Å². The molecule has 0 aliphatic carbocycles. The molecule has 1 aromatic rings. The van der Waals surface area contributed by atoms with Crippen molar-refractivity contribution in [1.82, 2.24) is 4.72 Å². The van der Waals surface area contributed by atoms with Crippen molar-refractivity contribution >= 4 is 37.8 Å². The molecule has 10 heteroatoms. The molecule has 0 heterocycles. The van der Waals surface area contributed by atoms with E-state index in [0.717, 1.165) is 6.07 Å². The van der Waals surface area contributed by atoms with Crippen LogP contribution in [0.4, 0.5) is 0 Å². The number of carbonyl (C=O) groups is 2. The average Bonchev–Trinajstić information content (AvgIpc) is 2.38. The van der Waals surface area contributed by atoms with Gasteiger partial charge in [0.05, 0.1) is 10.5 Å². The van der Waals surface area contributed by atoms with Crippen molar-refractivity contribution in [1.29, 1.82) is 0 Å². The highest BCUT2D eigenvalue weighted by Crippen LogP contribution is 2.24. The summed E-state index contributed by atoms with van der Waals surface area (Å²) < 4.78 is 26.3. The van der Waals surface area contributed by atoms with Gasteiger partial charge in [-0.3, -0.25) is 4.79 Å². The van der Waals surface area contributed by atoms with Gasteiger partial charge in [-0.2, -0.15) is 0 Å². The van der Waals surface area contributed by atoms with Crippen LogP contribution in [0.5, 0.6) is 0 Å². The first-order valence-corrected chi connectivity index (χ1v) is 7.84. The first kappa shape index (κ1) is 17.6. The van der Waals surface area contributed by atoms with Crippen LogP contribution in [0.25, 0.3) is 0 Å². The number of aliphatic hydroxyl groups excluding tert-OH is 1. The third-order valence-corrected chi connectivity index (χ3v) is 4.88. The first-order chi connectivity index (χ1) is 9.56. The molecule has 1 rings (SSSR count). The highest BCUT2D eigenvalue weighted by molar-refractivity contribution is 9.10. The normalized spacial score (nSPS) is 12.9. The molecule has 0 saturated heterocycles. The maximum Gasteiger partial charge on any atom is 0.336 e. The maximum atomic E-state index is 12.0. The third kappa shape index (κ3) is 4.24. The van der Waals surface area contributed by atoms with E-state index in [1.54, 1.807) is 0 Å². The standard InChI is InChI=1S/C11H13BrN2O6S/c1-5-7(11(17)18)2-6(3-8(5)12)21(19,20)14-4-9(15)10(13)16/h2-3,9,14-15H,4H2,1H3,(H2,13,16)(H,17,18). The fraction of sp³-hybridized carbons (Fsp3) is 0.273. The zero-order valence-corrected chi connectivity index (χ0v) is 13.2. The highest BCUT2D eigenvalue weighted by Gasteiger charge is 2.22. The van der Waals surface area contributed by atoms with Gasteiger partial charge in [0, 0.05) is 11.0 Å². The van der Waals surface area contributed by atoms with E-state index in [-0.39, 0.29) is 10.5 Å². The zero-order valence-electron chi connectivity index (χ0n) is 10.8. The number of amides is 1. The third-order valence-electron chi connectivity index (χ3n) is 2.65. The number of aliphatic hydroxyl groups is 1. The van der Waals surface area contributed by atoms with Crippen molar-refractivity contribution in [3.8, 4) is 0 Å². The van der Waals surface area contributed by atoms with Gasteiger partial charge in [0.15, 0.2) is 0 Å². The predicted octanol–water partition coefficient (Wildman–Crippen LogP) is -0.420. The van der Waals surface area contributed by atoms with Crippen molar-refractivity contribution in [2.75, 3.05) is 6.54 Å². The topological polar surface area (TPSA) is 147 Å². The second-order valence-corrected chi connectivity index (χ2v) is 6.77. The second-order valence-electron chi connectivity index (χ2n) is 4.15. The van der Waals surface area contributed by atoms with Crippen molar-refractivity contribution < 1.29 is 28.2 Å². The van der Waals surface area contributed by atoms with Crippen LogP contribution < -0.4 is 10.5 Å². The van der Waals surface area contributed by atoms with Gasteiger partial charge in [0.2, 0.25) is 15.9 Å². The van der Waals surface area contributed by atoms with E-state index in [1.807, 2.05) is 4.72 Å². The molecule has 0 spiro atoms. The number of carbonyl (C=O) groups excluding carboxylic acids is 1. The Bertz CT molecular complexity index is 688. The molecule has 5 N–H and O–H groups in total. The average molecular weight is 381 g/mol. The predicted molar refractivity (Wildman–Crippen MR) is 76.2 cm³/mol. The van der Waals surface area contributed by atoms with Gasteiger partial charge in [0.25, 0.3) is 0 Å². The summed E-state index contributed by atoms with van der Waals surface area (Å²) in [5.41, 5.74) is 5.00. The van der Waals surface area contributed by atoms with E-state index in [2.05, 4.69) is 15.9 Å². The minimum atomic E-state index is -4.10. The molecular formula is C11H13BrN2O6S. The van der Waals surface area contributed by atoms with Gasteiger partial charge in [0.1, 0.15) is 6.10 Å². The lowest BCUT2D eigenvalue weighted by Crippen LogP contribution is -2.40. The molecule has 1 atom stereocenters. The molecular weight excluding hydrogens is 368 g/mol. The van der Waals surface area contributed by atoms with Gasteiger partial charge in [-0.05, 0) is 24.6 Å².